The molecule has 3 aromatic rings. The van der Waals surface area contributed by atoms with E-state index in [2.05, 4.69) is 30.5 Å². The van der Waals surface area contributed by atoms with Crippen molar-refractivity contribution in [1.29, 1.82) is 0 Å². The lowest BCUT2D eigenvalue weighted by atomic mass is 10.0. The molecule has 0 atom stereocenters. The van der Waals surface area contributed by atoms with Crippen LogP contribution in [0.5, 0.6) is 0 Å². The van der Waals surface area contributed by atoms with Crippen molar-refractivity contribution in [2.24, 2.45) is 0 Å². The Labute approximate surface area is 217 Å². The van der Waals surface area contributed by atoms with Crippen LogP contribution >= 0.6 is 11.6 Å². The quantitative estimate of drug-likeness (QED) is 0.450. The van der Waals surface area contributed by atoms with Crippen LogP contribution in [0, 0.1) is 13.8 Å². The van der Waals surface area contributed by atoms with Crippen molar-refractivity contribution in [1.82, 2.24) is 19.9 Å². The van der Waals surface area contributed by atoms with E-state index in [9.17, 15) is 18.0 Å². The highest BCUT2D eigenvalue weighted by atomic mass is 35.5. The molecule has 12 heteroatoms. The first-order valence-corrected chi connectivity index (χ1v) is 12.0. The Morgan fingerprint density at radius 3 is 2.35 bits per heavy atom. The molecule has 196 valence electrons. The fraction of sp³-hybridized carbons (Fsp3) is 0.360. The lowest BCUT2D eigenvalue weighted by Gasteiger charge is -2.25. The van der Waals surface area contributed by atoms with E-state index in [0.29, 0.717) is 49.3 Å². The first-order chi connectivity index (χ1) is 17.6. The Morgan fingerprint density at radius 1 is 1.00 bits per heavy atom. The lowest BCUT2D eigenvalue weighted by molar-refractivity contribution is -0.137. The van der Waals surface area contributed by atoms with Gasteiger partial charge in [-0.3, -0.25) is 4.90 Å². The van der Waals surface area contributed by atoms with Gasteiger partial charge in [0.05, 0.1) is 30.3 Å². The zero-order valence-corrected chi connectivity index (χ0v) is 21.1. The van der Waals surface area contributed by atoms with E-state index in [4.69, 9.17) is 16.3 Å². The number of urea groups is 1. The molecule has 0 spiro atoms. The van der Waals surface area contributed by atoms with Gasteiger partial charge in [-0.1, -0.05) is 17.7 Å². The van der Waals surface area contributed by atoms with Crippen molar-refractivity contribution in [3.05, 3.63) is 75.6 Å². The van der Waals surface area contributed by atoms with Crippen molar-refractivity contribution in [3.8, 4) is 0 Å². The zero-order chi connectivity index (χ0) is 26.6. The highest BCUT2D eigenvalue weighted by Gasteiger charge is 2.33. The number of anilines is 2. The summed E-state index contributed by atoms with van der Waals surface area (Å²) < 4.78 is 44.7. The number of ether oxygens (including phenoxy) is 1. The van der Waals surface area contributed by atoms with Crippen LogP contribution < -0.4 is 10.6 Å². The number of rotatable bonds is 6. The van der Waals surface area contributed by atoms with Crippen LogP contribution in [-0.4, -0.2) is 52.2 Å². The Morgan fingerprint density at radius 2 is 1.65 bits per heavy atom. The first kappa shape index (κ1) is 26.8. The van der Waals surface area contributed by atoms with Crippen molar-refractivity contribution >= 4 is 29.0 Å². The number of alkyl halides is 3. The summed E-state index contributed by atoms with van der Waals surface area (Å²) in [4.78, 5) is 28.3. The van der Waals surface area contributed by atoms with E-state index >= 15 is 0 Å². The molecule has 2 aromatic carbocycles. The molecule has 2 N–H and O–H groups in total. The number of hydrogen-bond donors (Lipinski definition) is 2. The molecule has 1 aromatic heterocycles. The third-order valence-electron chi connectivity index (χ3n) is 5.79. The highest BCUT2D eigenvalue weighted by Crippen LogP contribution is 2.36. The second-order valence-electron chi connectivity index (χ2n) is 8.69. The molecular weight excluding hydrogens is 509 g/mol. The summed E-state index contributed by atoms with van der Waals surface area (Å²) in [6.07, 6.45) is -4.21. The summed E-state index contributed by atoms with van der Waals surface area (Å²) >= 11 is 5.64. The van der Waals surface area contributed by atoms with Crippen molar-refractivity contribution in [2.75, 3.05) is 36.9 Å². The topological polar surface area (TPSA) is 92.3 Å². The lowest BCUT2D eigenvalue weighted by Crippen LogP contribution is -2.36. The Bertz CT molecular complexity index is 1280. The van der Waals surface area contributed by atoms with E-state index < -0.39 is 22.8 Å². The number of nitrogens with one attached hydrogen (secondary N) is 2. The van der Waals surface area contributed by atoms with Gasteiger partial charge in [-0.25, -0.2) is 19.7 Å². The molecule has 4 rings (SSSR count). The largest absolute Gasteiger partial charge is 0.417 e. The molecule has 1 aliphatic rings. The summed E-state index contributed by atoms with van der Waals surface area (Å²) in [6, 6.07) is 7.85. The third kappa shape index (κ3) is 7.37. The van der Waals surface area contributed by atoms with Crippen LogP contribution in [0.2, 0.25) is 5.02 Å². The van der Waals surface area contributed by atoms with Gasteiger partial charge in [-0.15, -0.1) is 0 Å². The molecule has 0 bridgehead atoms. The van der Waals surface area contributed by atoms with Crippen LogP contribution in [-0.2, 0) is 23.9 Å². The normalized spacial score (nSPS) is 14.4. The van der Waals surface area contributed by atoms with E-state index in [-0.39, 0.29) is 5.69 Å². The monoisotopic (exact) mass is 534 g/mol. The van der Waals surface area contributed by atoms with Gasteiger partial charge in [0, 0.05) is 30.9 Å². The van der Waals surface area contributed by atoms with E-state index in [0.717, 1.165) is 36.3 Å². The summed E-state index contributed by atoms with van der Waals surface area (Å²) in [5.74, 6) is 1.93. The van der Waals surface area contributed by atoms with E-state index in [1.165, 1.54) is 6.07 Å². The van der Waals surface area contributed by atoms with Gasteiger partial charge in [0.15, 0.2) is 0 Å². The maximum atomic E-state index is 13.1. The Hall–Kier alpha value is -3.28. The number of aryl methyl sites for hydroxylation is 2. The third-order valence-corrected chi connectivity index (χ3v) is 6.12. The van der Waals surface area contributed by atoms with Gasteiger partial charge in [0.1, 0.15) is 17.5 Å². The first-order valence-electron chi connectivity index (χ1n) is 11.6. The minimum atomic E-state index is -4.63. The van der Waals surface area contributed by atoms with Gasteiger partial charge in [-0.05, 0) is 55.3 Å². The predicted molar refractivity (Wildman–Crippen MR) is 134 cm³/mol. The number of morpholine rings is 1. The molecule has 1 saturated heterocycles. The molecule has 0 saturated carbocycles. The van der Waals surface area contributed by atoms with Crippen LogP contribution in [0.3, 0.4) is 0 Å². The van der Waals surface area contributed by atoms with Crippen molar-refractivity contribution in [2.45, 2.75) is 33.0 Å². The summed E-state index contributed by atoms with van der Waals surface area (Å²) in [6.45, 7) is 7.39. The number of amides is 2. The molecule has 37 heavy (non-hydrogen) atoms. The average molecular weight is 535 g/mol. The van der Waals surface area contributed by atoms with Crippen molar-refractivity contribution < 1.29 is 22.7 Å². The number of nitrogens with zero attached hydrogens (tertiary/aromatic N) is 4. The number of benzene rings is 2. The molecule has 8 nitrogen and oxygen atoms in total. The fourth-order valence-electron chi connectivity index (χ4n) is 3.93. The van der Waals surface area contributed by atoms with Crippen LogP contribution in [0.4, 0.5) is 29.3 Å². The minimum Gasteiger partial charge on any atom is -0.379 e. The minimum absolute atomic E-state index is 0.0324. The number of halogens is 4. The number of aromatic nitrogens is 3. The van der Waals surface area contributed by atoms with Gasteiger partial charge < -0.3 is 15.4 Å². The van der Waals surface area contributed by atoms with E-state index in [1.54, 1.807) is 12.1 Å². The van der Waals surface area contributed by atoms with E-state index in [1.807, 2.05) is 19.9 Å². The molecule has 1 fully saturated rings. The van der Waals surface area contributed by atoms with Crippen LogP contribution in [0.15, 0.2) is 36.4 Å². The molecule has 2 amide bonds. The molecule has 1 aliphatic heterocycles. The molecular formula is C25H26ClF3N6O2. The number of carbonyl (C=O) groups is 1. The van der Waals surface area contributed by atoms with Crippen molar-refractivity contribution in [3.63, 3.8) is 0 Å². The molecule has 0 radical (unpaired) electrons. The SMILES string of the molecule is Cc1nc(Cc2cc(NC(=O)Nc3ccc(Cl)c(C(F)(F)F)c3)ccc2C)nc(CN2CCOCC2)n1. The molecule has 0 unspecified atom stereocenters. The summed E-state index contributed by atoms with van der Waals surface area (Å²) in [5.41, 5.74) is 1.29. The van der Waals surface area contributed by atoms with Gasteiger partial charge in [0.2, 0.25) is 0 Å². The zero-order valence-electron chi connectivity index (χ0n) is 20.3. The molecule has 0 aliphatic carbocycles. The second kappa shape index (κ2) is 11.4. The van der Waals surface area contributed by atoms with Crippen LogP contribution in [0.1, 0.15) is 34.2 Å². The summed E-state index contributed by atoms with van der Waals surface area (Å²) in [5, 5.41) is 4.63. The highest BCUT2D eigenvalue weighted by molar-refractivity contribution is 6.31. The maximum Gasteiger partial charge on any atom is 0.417 e. The Kier molecular flexibility index (Phi) is 8.25. The van der Waals surface area contributed by atoms with Crippen LogP contribution in [0.25, 0.3) is 0 Å². The standard InChI is InChI=1S/C25H26ClF3N6O2/c1-15-3-4-18(32-24(36)33-19-5-6-21(26)20(13-19)25(27,28)29)11-17(15)12-22-30-16(2)31-23(34-22)14-35-7-9-37-10-8-35/h3-6,11,13H,7-10,12,14H2,1-2H3,(H2,32,33,36). The maximum absolute atomic E-state index is 13.1. The average Bonchev–Trinajstić information content (AvgIpc) is 2.82. The molecule has 2 heterocycles. The Balaban J connectivity index is 1.45. The van der Waals surface area contributed by atoms with Gasteiger partial charge in [0.25, 0.3) is 0 Å². The number of carbonyl (C=O) groups excluding carboxylic acids is 1. The van der Waals surface area contributed by atoms with Gasteiger partial charge >= 0.3 is 12.2 Å². The number of hydrogen-bond acceptors (Lipinski definition) is 6. The summed E-state index contributed by atoms with van der Waals surface area (Å²) in [7, 11) is 0. The predicted octanol–water partition coefficient (Wildman–Crippen LogP) is 5.23. The van der Waals surface area contributed by atoms with Gasteiger partial charge in [-0.2, -0.15) is 13.2 Å². The second-order valence-corrected chi connectivity index (χ2v) is 9.10. The fourth-order valence-corrected chi connectivity index (χ4v) is 4.15. The smallest absolute Gasteiger partial charge is 0.379 e.